The Morgan fingerprint density at radius 3 is 2.56 bits per heavy atom. The molecule has 2 aromatic rings. The minimum absolute atomic E-state index is 0.195. The number of hydrogen-bond acceptors (Lipinski definition) is 3. The third kappa shape index (κ3) is 4.95. The van der Waals surface area contributed by atoms with Gasteiger partial charge in [0.15, 0.2) is 11.5 Å². The number of rotatable bonds is 8. The monoisotopic (exact) mass is 387 g/mol. The first-order valence-electron chi connectivity index (χ1n) is 9.44. The smallest absolute Gasteiger partial charge is 0.223 e. The summed E-state index contributed by atoms with van der Waals surface area (Å²) in [6.07, 6.45) is 3.24. The first-order chi connectivity index (χ1) is 13.1. The lowest BCUT2D eigenvalue weighted by molar-refractivity contribution is -0.129. The molecule has 1 fully saturated rings. The molecule has 0 bridgehead atoms. The molecule has 144 valence electrons. The van der Waals surface area contributed by atoms with Gasteiger partial charge in [-0.25, -0.2) is 0 Å². The fourth-order valence-corrected chi connectivity index (χ4v) is 3.58. The zero-order chi connectivity index (χ0) is 19.2. The van der Waals surface area contributed by atoms with Crippen LogP contribution in [0.3, 0.4) is 0 Å². The van der Waals surface area contributed by atoms with E-state index in [4.69, 9.17) is 21.1 Å². The van der Waals surface area contributed by atoms with Crippen molar-refractivity contribution in [1.29, 1.82) is 0 Å². The summed E-state index contributed by atoms with van der Waals surface area (Å²) in [5.41, 5.74) is 2.25. The van der Waals surface area contributed by atoms with E-state index in [1.165, 1.54) is 0 Å². The zero-order valence-electron chi connectivity index (χ0n) is 15.9. The number of halogens is 1. The third-order valence-corrected chi connectivity index (χ3v) is 5.13. The molecule has 1 aliphatic heterocycles. The van der Waals surface area contributed by atoms with Crippen molar-refractivity contribution < 1.29 is 14.3 Å². The van der Waals surface area contributed by atoms with Gasteiger partial charge < -0.3 is 14.4 Å². The molecule has 1 aliphatic rings. The topological polar surface area (TPSA) is 38.8 Å². The molecule has 0 N–H and O–H groups in total. The molecule has 1 amide bonds. The van der Waals surface area contributed by atoms with Crippen molar-refractivity contribution in [3.05, 3.63) is 58.6 Å². The van der Waals surface area contributed by atoms with Gasteiger partial charge in [0.1, 0.15) is 0 Å². The van der Waals surface area contributed by atoms with Gasteiger partial charge in [-0.15, -0.1) is 0 Å². The van der Waals surface area contributed by atoms with Crippen LogP contribution < -0.4 is 9.47 Å². The van der Waals surface area contributed by atoms with Crippen LogP contribution in [-0.2, 0) is 17.8 Å². The highest BCUT2D eigenvalue weighted by molar-refractivity contribution is 6.30. The van der Waals surface area contributed by atoms with Gasteiger partial charge in [-0.2, -0.15) is 0 Å². The molecular formula is C22H26ClNO3. The summed E-state index contributed by atoms with van der Waals surface area (Å²) in [5, 5.41) is 0.709. The molecule has 3 rings (SSSR count). The molecule has 4 nitrogen and oxygen atoms in total. The van der Waals surface area contributed by atoms with Crippen LogP contribution in [0.4, 0.5) is 0 Å². The molecule has 0 spiro atoms. The quantitative estimate of drug-likeness (QED) is 0.648. The number of nitrogens with zero attached hydrogens (tertiary/aromatic N) is 1. The second kappa shape index (κ2) is 9.14. The number of methoxy groups -OCH3 is 1. The molecule has 1 heterocycles. The normalized spacial score (nSPS) is 16.6. The number of carbonyl (C=O) groups is 1. The summed E-state index contributed by atoms with van der Waals surface area (Å²) in [6, 6.07) is 13.9. The SMILES string of the molecule is CCCOc1ccc(CC2CCC(=O)N2Cc2ccc(Cl)cc2)cc1OC. The predicted molar refractivity (Wildman–Crippen MR) is 108 cm³/mol. The number of amides is 1. The van der Waals surface area contributed by atoms with Gasteiger partial charge in [-0.1, -0.05) is 36.7 Å². The van der Waals surface area contributed by atoms with E-state index < -0.39 is 0 Å². The van der Waals surface area contributed by atoms with E-state index >= 15 is 0 Å². The van der Waals surface area contributed by atoms with Crippen molar-refractivity contribution in [2.24, 2.45) is 0 Å². The number of benzene rings is 2. The summed E-state index contributed by atoms with van der Waals surface area (Å²) in [7, 11) is 1.66. The van der Waals surface area contributed by atoms with Gasteiger partial charge in [-0.3, -0.25) is 4.79 Å². The predicted octanol–water partition coefficient (Wildman–Crippen LogP) is 4.87. The summed E-state index contributed by atoms with van der Waals surface area (Å²) >= 11 is 5.96. The van der Waals surface area contributed by atoms with Crippen LogP contribution in [0.1, 0.15) is 37.3 Å². The van der Waals surface area contributed by atoms with Gasteiger partial charge in [0, 0.05) is 24.0 Å². The minimum Gasteiger partial charge on any atom is -0.493 e. The van der Waals surface area contributed by atoms with Crippen molar-refractivity contribution in [3.8, 4) is 11.5 Å². The van der Waals surface area contributed by atoms with Crippen LogP contribution in [-0.4, -0.2) is 30.6 Å². The molecule has 0 aliphatic carbocycles. The van der Waals surface area contributed by atoms with E-state index in [1.807, 2.05) is 41.3 Å². The first-order valence-corrected chi connectivity index (χ1v) is 9.82. The minimum atomic E-state index is 0.195. The largest absolute Gasteiger partial charge is 0.493 e. The Hall–Kier alpha value is -2.20. The van der Waals surface area contributed by atoms with E-state index in [2.05, 4.69) is 13.0 Å². The fourth-order valence-electron chi connectivity index (χ4n) is 3.45. The summed E-state index contributed by atoms with van der Waals surface area (Å²) in [6.45, 7) is 3.37. The molecule has 0 aromatic heterocycles. The lowest BCUT2D eigenvalue weighted by Gasteiger charge is -2.25. The van der Waals surface area contributed by atoms with E-state index in [0.717, 1.165) is 41.9 Å². The first kappa shape index (κ1) is 19.6. The maximum atomic E-state index is 12.4. The molecule has 1 atom stereocenters. The van der Waals surface area contributed by atoms with Crippen molar-refractivity contribution in [1.82, 2.24) is 4.90 Å². The van der Waals surface area contributed by atoms with E-state index in [0.29, 0.717) is 24.6 Å². The van der Waals surface area contributed by atoms with Crippen molar-refractivity contribution in [3.63, 3.8) is 0 Å². The van der Waals surface area contributed by atoms with Crippen LogP contribution in [0.2, 0.25) is 5.02 Å². The fraction of sp³-hybridized carbons (Fsp3) is 0.409. The lowest BCUT2D eigenvalue weighted by atomic mass is 10.0. The van der Waals surface area contributed by atoms with E-state index in [-0.39, 0.29) is 11.9 Å². The Morgan fingerprint density at radius 1 is 1.11 bits per heavy atom. The third-order valence-electron chi connectivity index (χ3n) is 4.88. The highest BCUT2D eigenvalue weighted by atomic mass is 35.5. The Balaban J connectivity index is 1.71. The van der Waals surface area contributed by atoms with Crippen LogP contribution >= 0.6 is 11.6 Å². The molecule has 27 heavy (non-hydrogen) atoms. The molecule has 5 heteroatoms. The molecule has 2 aromatic carbocycles. The van der Waals surface area contributed by atoms with Crippen LogP contribution in [0, 0.1) is 0 Å². The van der Waals surface area contributed by atoms with Crippen LogP contribution in [0.15, 0.2) is 42.5 Å². The Bertz CT molecular complexity index is 776. The van der Waals surface area contributed by atoms with Crippen molar-refractivity contribution >= 4 is 17.5 Å². The second-order valence-electron chi connectivity index (χ2n) is 6.88. The highest BCUT2D eigenvalue weighted by Gasteiger charge is 2.31. The number of ether oxygens (including phenoxy) is 2. The average molecular weight is 388 g/mol. The van der Waals surface area contributed by atoms with Crippen LogP contribution in [0.5, 0.6) is 11.5 Å². The molecule has 1 saturated heterocycles. The zero-order valence-corrected chi connectivity index (χ0v) is 16.7. The molecule has 0 radical (unpaired) electrons. The maximum Gasteiger partial charge on any atom is 0.223 e. The highest BCUT2D eigenvalue weighted by Crippen LogP contribution is 2.31. The van der Waals surface area contributed by atoms with E-state index in [1.54, 1.807) is 7.11 Å². The van der Waals surface area contributed by atoms with E-state index in [9.17, 15) is 4.79 Å². The Morgan fingerprint density at radius 2 is 1.85 bits per heavy atom. The second-order valence-corrected chi connectivity index (χ2v) is 7.31. The molecule has 0 saturated carbocycles. The number of hydrogen-bond donors (Lipinski definition) is 0. The number of carbonyl (C=O) groups excluding carboxylic acids is 1. The van der Waals surface area contributed by atoms with Gasteiger partial charge in [0.2, 0.25) is 5.91 Å². The lowest BCUT2D eigenvalue weighted by Crippen LogP contribution is -2.33. The standard InChI is InChI=1S/C22H26ClNO3/c1-3-12-27-20-10-6-17(14-21(20)26-2)13-19-9-11-22(25)24(19)15-16-4-7-18(23)8-5-16/h4-8,10,14,19H,3,9,11-13,15H2,1-2H3. The maximum absolute atomic E-state index is 12.4. The summed E-state index contributed by atoms with van der Waals surface area (Å²) < 4.78 is 11.2. The van der Waals surface area contributed by atoms with Gasteiger partial charge in [0.25, 0.3) is 0 Å². The van der Waals surface area contributed by atoms with Crippen molar-refractivity contribution in [2.75, 3.05) is 13.7 Å². The Labute approximate surface area is 166 Å². The van der Waals surface area contributed by atoms with Gasteiger partial charge >= 0.3 is 0 Å². The Kier molecular flexibility index (Phi) is 6.62. The van der Waals surface area contributed by atoms with Gasteiger partial charge in [0.05, 0.1) is 13.7 Å². The molecular weight excluding hydrogens is 362 g/mol. The molecule has 1 unspecified atom stereocenters. The average Bonchev–Trinajstić information content (AvgIpc) is 3.02. The van der Waals surface area contributed by atoms with Crippen molar-refractivity contribution in [2.45, 2.75) is 45.2 Å². The number of likely N-dealkylation sites (tertiary alicyclic amines) is 1. The van der Waals surface area contributed by atoms with Gasteiger partial charge in [-0.05, 0) is 54.7 Å². The summed E-state index contributed by atoms with van der Waals surface area (Å²) in [5.74, 6) is 1.72. The van der Waals surface area contributed by atoms with Crippen LogP contribution in [0.25, 0.3) is 0 Å². The summed E-state index contributed by atoms with van der Waals surface area (Å²) in [4.78, 5) is 14.4.